The molecular weight excluding hydrogens is 274 g/mol. The van der Waals surface area contributed by atoms with Crippen molar-refractivity contribution in [2.45, 2.75) is 13.3 Å². The molecule has 0 N–H and O–H groups in total. The Balaban J connectivity index is 2.21. The lowest BCUT2D eigenvalue weighted by Crippen LogP contribution is -2.24. The van der Waals surface area contributed by atoms with Crippen molar-refractivity contribution in [3.8, 4) is 0 Å². The smallest absolute Gasteiger partial charge is 0.173 e. The number of carbonyl (C=O) groups is 2. The first-order valence-corrected chi connectivity index (χ1v) is 6.66. The first-order valence-electron chi connectivity index (χ1n) is 6.28. The average molecular weight is 288 g/mol. The summed E-state index contributed by atoms with van der Waals surface area (Å²) in [5.41, 5.74) is 1.37. The summed E-state index contributed by atoms with van der Waals surface area (Å²) in [6.45, 7) is 1.44. The van der Waals surface area contributed by atoms with Crippen LogP contribution in [-0.2, 0) is 11.2 Å². The molecule has 0 aliphatic carbocycles. The molecule has 0 fully saturated rings. The number of rotatable bonds is 5. The molecule has 1 atom stereocenters. The molecule has 4 heteroatoms. The summed E-state index contributed by atoms with van der Waals surface area (Å²) in [5, 5.41) is 0.391. The van der Waals surface area contributed by atoms with Gasteiger partial charge < -0.3 is 0 Å². The molecule has 0 saturated carbocycles. The van der Waals surface area contributed by atoms with Crippen LogP contribution in [0.5, 0.6) is 0 Å². The minimum absolute atomic E-state index is 0.145. The zero-order chi connectivity index (χ0) is 14.5. The predicted molar refractivity (Wildman–Crippen MR) is 77.9 cm³/mol. The molecule has 2 aromatic rings. The van der Waals surface area contributed by atoms with Gasteiger partial charge in [0.1, 0.15) is 10.9 Å². The van der Waals surface area contributed by atoms with Crippen LogP contribution in [0.25, 0.3) is 0 Å². The summed E-state index contributed by atoms with van der Waals surface area (Å²) in [7, 11) is 0. The van der Waals surface area contributed by atoms with E-state index in [1.807, 2.05) is 6.07 Å². The van der Waals surface area contributed by atoms with Crippen LogP contribution in [0.4, 0.5) is 0 Å². The van der Waals surface area contributed by atoms with Gasteiger partial charge in [0.2, 0.25) is 0 Å². The number of benzene rings is 1. The Labute approximate surface area is 122 Å². The molecule has 0 radical (unpaired) electrons. The van der Waals surface area contributed by atoms with Gasteiger partial charge in [0, 0.05) is 11.8 Å². The predicted octanol–water partition coefficient (Wildman–Crippen LogP) is 3.37. The molecule has 102 valence electrons. The van der Waals surface area contributed by atoms with Gasteiger partial charge in [-0.05, 0) is 25.0 Å². The maximum absolute atomic E-state index is 12.4. The maximum Gasteiger partial charge on any atom is 0.173 e. The lowest BCUT2D eigenvalue weighted by atomic mass is 9.89. The molecule has 1 heterocycles. The maximum atomic E-state index is 12.4. The number of hydrogen-bond acceptors (Lipinski definition) is 3. The van der Waals surface area contributed by atoms with E-state index in [0.29, 0.717) is 17.1 Å². The van der Waals surface area contributed by atoms with Crippen LogP contribution in [0.2, 0.25) is 5.15 Å². The summed E-state index contributed by atoms with van der Waals surface area (Å²) in [6, 6.07) is 12.3. The van der Waals surface area contributed by atoms with Crippen molar-refractivity contribution >= 4 is 23.2 Å². The minimum Gasteiger partial charge on any atom is -0.299 e. The fourth-order valence-electron chi connectivity index (χ4n) is 1.99. The van der Waals surface area contributed by atoms with E-state index in [-0.39, 0.29) is 11.6 Å². The van der Waals surface area contributed by atoms with Gasteiger partial charge in [0.15, 0.2) is 5.78 Å². The highest BCUT2D eigenvalue weighted by molar-refractivity contribution is 6.29. The molecule has 20 heavy (non-hydrogen) atoms. The van der Waals surface area contributed by atoms with Crippen LogP contribution in [0.1, 0.15) is 22.8 Å². The first kappa shape index (κ1) is 14.4. The number of nitrogens with zero attached hydrogens (tertiary/aromatic N) is 1. The molecule has 0 saturated heterocycles. The monoisotopic (exact) mass is 287 g/mol. The lowest BCUT2D eigenvalue weighted by molar-refractivity contribution is -0.119. The highest BCUT2D eigenvalue weighted by atomic mass is 35.5. The Morgan fingerprint density at radius 3 is 2.40 bits per heavy atom. The van der Waals surface area contributed by atoms with Crippen LogP contribution in [0.3, 0.4) is 0 Å². The van der Waals surface area contributed by atoms with E-state index < -0.39 is 5.92 Å². The minimum atomic E-state index is -0.680. The Kier molecular flexibility index (Phi) is 4.64. The van der Waals surface area contributed by atoms with Crippen molar-refractivity contribution in [3.63, 3.8) is 0 Å². The van der Waals surface area contributed by atoms with E-state index in [1.54, 1.807) is 42.6 Å². The second-order valence-electron chi connectivity index (χ2n) is 4.59. The van der Waals surface area contributed by atoms with Gasteiger partial charge in [0.05, 0.1) is 5.92 Å². The van der Waals surface area contributed by atoms with Gasteiger partial charge in [-0.2, -0.15) is 0 Å². The Morgan fingerprint density at radius 2 is 1.85 bits per heavy atom. The second-order valence-corrected chi connectivity index (χ2v) is 4.97. The molecule has 0 aliphatic heterocycles. The van der Waals surface area contributed by atoms with Crippen LogP contribution in [-0.4, -0.2) is 16.6 Å². The van der Waals surface area contributed by atoms with E-state index in [2.05, 4.69) is 4.98 Å². The summed E-state index contributed by atoms with van der Waals surface area (Å²) < 4.78 is 0. The lowest BCUT2D eigenvalue weighted by Gasteiger charge is -2.12. The van der Waals surface area contributed by atoms with Crippen molar-refractivity contribution in [2.24, 2.45) is 5.92 Å². The third-order valence-corrected chi connectivity index (χ3v) is 3.32. The van der Waals surface area contributed by atoms with Crippen molar-refractivity contribution < 1.29 is 9.59 Å². The summed E-state index contributed by atoms with van der Waals surface area (Å²) in [5.74, 6) is -0.984. The van der Waals surface area contributed by atoms with Crippen molar-refractivity contribution in [1.29, 1.82) is 0 Å². The number of halogens is 1. The van der Waals surface area contributed by atoms with Gasteiger partial charge in [-0.25, -0.2) is 4.98 Å². The van der Waals surface area contributed by atoms with E-state index in [1.165, 1.54) is 6.92 Å². The first-order chi connectivity index (χ1) is 9.58. The average Bonchev–Trinajstić information content (AvgIpc) is 2.46. The second kappa shape index (κ2) is 6.44. The third kappa shape index (κ3) is 3.52. The molecule has 0 aliphatic rings. The van der Waals surface area contributed by atoms with Gasteiger partial charge >= 0.3 is 0 Å². The molecule has 1 aromatic heterocycles. The Hall–Kier alpha value is -2.00. The number of hydrogen-bond donors (Lipinski definition) is 0. The highest BCUT2D eigenvalue weighted by Gasteiger charge is 2.24. The largest absolute Gasteiger partial charge is 0.299 e. The number of ketones is 2. The van der Waals surface area contributed by atoms with Crippen LogP contribution < -0.4 is 0 Å². The summed E-state index contributed by atoms with van der Waals surface area (Å²) in [4.78, 5) is 28.1. The molecule has 3 nitrogen and oxygen atoms in total. The standard InChI is InChI=1S/C16H14ClNO2/c1-11(19)14(9-12-7-8-15(17)18-10-12)16(20)13-5-3-2-4-6-13/h2-8,10,14H,9H2,1H3/t14-/m0/s1. The summed E-state index contributed by atoms with van der Waals surface area (Å²) >= 11 is 5.72. The zero-order valence-electron chi connectivity index (χ0n) is 11.0. The Morgan fingerprint density at radius 1 is 1.15 bits per heavy atom. The highest BCUT2D eigenvalue weighted by Crippen LogP contribution is 2.16. The number of Topliss-reactive ketones (excluding diaryl/α,β-unsaturated/α-hetero) is 2. The van der Waals surface area contributed by atoms with E-state index in [0.717, 1.165) is 5.56 Å². The number of pyridine rings is 1. The van der Waals surface area contributed by atoms with Crippen LogP contribution >= 0.6 is 11.6 Å². The molecule has 0 spiro atoms. The molecular formula is C16H14ClNO2. The number of carbonyl (C=O) groups excluding carboxylic acids is 2. The van der Waals surface area contributed by atoms with Crippen molar-refractivity contribution in [3.05, 3.63) is 64.9 Å². The van der Waals surface area contributed by atoms with Crippen molar-refractivity contribution in [2.75, 3.05) is 0 Å². The number of aromatic nitrogens is 1. The van der Waals surface area contributed by atoms with E-state index >= 15 is 0 Å². The van der Waals surface area contributed by atoms with Crippen LogP contribution in [0.15, 0.2) is 48.7 Å². The van der Waals surface area contributed by atoms with Gasteiger partial charge in [0.25, 0.3) is 0 Å². The third-order valence-electron chi connectivity index (χ3n) is 3.09. The van der Waals surface area contributed by atoms with Gasteiger partial charge in [-0.1, -0.05) is 48.0 Å². The topological polar surface area (TPSA) is 47.0 Å². The molecule has 1 aromatic carbocycles. The quantitative estimate of drug-likeness (QED) is 0.481. The fourth-order valence-corrected chi connectivity index (χ4v) is 2.10. The SMILES string of the molecule is CC(=O)[C@H](Cc1ccc(Cl)nc1)C(=O)c1ccccc1. The molecule has 0 amide bonds. The zero-order valence-corrected chi connectivity index (χ0v) is 11.8. The van der Waals surface area contributed by atoms with Gasteiger partial charge in [-0.15, -0.1) is 0 Å². The van der Waals surface area contributed by atoms with Crippen molar-refractivity contribution in [1.82, 2.24) is 4.98 Å². The fraction of sp³-hybridized carbons (Fsp3) is 0.188. The van der Waals surface area contributed by atoms with Gasteiger partial charge in [-0.3, -0.25) is 9.59 Å². The van der Waals surface area contributed by atoms with Crippen LogP contribution in [0, 0.1) is 5.92 Å². The van der Waals surface area contributed by atoms with E-state index in [4.69, 9.17) is 11.6 Å². The normalized spacial score (nSPS) is 11.9. The van der Waals surface area contributed by atoms with E-state index in [9.17, 15) is 9.59 Å². The molecule has 2 rings (SSSR count). The Bertz CT molecular complexity index is 608. The molecule has 0 bridgehead atoms. The summed E-state index contributed by atoms with van der Waals surface area (Å²) in [6.07, 6.45) is 1.93. The molecule has 0 unspecified atom stereocenters.